The predicted octanol–water partition coefficient (Wildman–Crippen LogP) is 3.46. The molecule has 1 heterocycles. The molecule has 2 rings (SSSR count). The SMILES string of the molecule is CN(CCC(=O)c1cccs1)c1ccccc1. The lowest BCUT2D eigenvalue weighted by Crippen LogP contribution is -2.20. The summed E-state index contributed by atoms with van der Waals surface area (Å²) >= 11 is 1.51. The van der Waals surface area contributed by atoms with Crippen LogP contribution in [0.1, 0.15) is 16.1 Å². The van der Waals surface area contributed by atoms with Crippen molar-refractivity contribution >= 4 is 22.8 Å². The number of nitrogens with zero attached hydrogens (tertiary/aromatic N) is 1. The second kappa shape index (κ2) is 5.64. The summed E-state index contributed by atoms with van der Waals surface area (Å²) in [6.07, 6.45) is 0.561. The number of hydrogen-bond acceptors (Lipinski definition) is 3. The van der Waals surface area contributed by atoms with Gasteiger partial charge in [-0.2, -0.15) is 0 Å². The zero-order chi connectivity index (χ0) is 12.1. The summed E-state index contributed by atoms with van der Waals surface area (Å²) in [7, 11) is 2.01. The van der Waals surface area contributed by atoms with E-state index >= 15 is 0 Å². The molecule has 0 N–H and O–H groups in total. The molecule has 0 atom stereocenters. The molecule has 17 heavy (non-hydrogen) atoms. The number of carbonyl (C=O) groups excluding carboxylic acids is 1. The summed E-state index contributed by atoms with van der Waals surface area (Å²) < 4.78 is 0. The van der Waals surface area contributed by atoms with Crippen LogP contribution in [0.4, 0.5) is 5.69 Å². The zero-order valence-electron chi connectivity index (χ0n) is 9.80. The van der Waals surface area contributed by atoms with E-state index in [0.29, 0.717) is 6.42 Å². The molecule has 88 valence electrons. The normalized spacial score (nSPS) is 10.2. The van der Waals surface area contributed by atoms with E-state index in [9.17, 15) is 4.79 Å². The fourth-order valence-corrected chi connectivity index (χ4v) is 2.34. The minimum absolute atomic E-state index is 0.225. The van der Waals surface area contributed by atoms with Gasteiger partial charge in [-0.05, 0) is 23.6 Å². The molecule has 1 aromatic heterocycles. The Morgan fingerprint density at radius 1 is 1.18 bits per heavy atom. The van der Waals surface area contributed by atoms with Crippen LogP contribution in [0, 0.1) is 0 Å². The third-order valence-corrected chi connectivity index (χ3v) is 3.58. The molecule has 3 heteroatoms. The van der Waals surface area contributed by atoms with Crippen molar-refractivity contribution < 1.29 is 4.79 Å². The van der Waals surface area contributed by atoms with E-state index in [4.69, 9.17) is 0 Å². The smallest absolute Gasteiger partial charge is 0.174 e. The monoisotopic (exact) mass is 245 g/mol. The molecule has 0 fully saturated rings. The van der Waals surface area contributed by atoms with Crippen molar-refractivity contribution in [2.24, 2.45) is 0 Å². The van der Waals surface area contributed by atoms with Crippen LogP contribution in [0.2, 0.25) is 0 Å². The first-order valence-electron chi connectivity index (χ1n) is 5.60. The molecule has 0 saturated carbocycles. The van der Waals surface area contributed by atoms with Gasteiger partial charge in [-0.25, -0.2) is 0 Å². The Bertz CT molecular complexity index is 464. The molecule has 0 saturated heterocycles. The van der Waals surface area contributed by atoms with Crippen LogP contribution in [0.5, 0.6) is 0 Å². The molecule has 0 radical (unpaired) electrons. The Labute approximate surface area is 106 Å². The third kappa shape index (κ3) is 3.17. The summed E-state index contributed by atoms with van der Waals surface area (Å²) in [4.78, 5) is 14.8. The zero-order valence-corrected chi connectivity index (χ0v) is 10.6. The van der Waals surface area contributed by atoms with Gasteiger partial charge in [0.2, 0.25) is 0 Å². The highest BCUT2D eigenvalue weighted by Crippen LogP contribution is 2.14. The molecule has 0 aliphatic heterocycles. The van der Waals surface area contributed by atoms with Gasteiger partial charge in [0.25, 0.3) is 0 Å². The Kier molecular flexibility index (Phi) is 3.94. The number of carbonyl (C=O) groups is 1. The van der Waals surface area contributed by atoms with Crippen molar-refractivity contribution in [2.75, 3.05) is 18.5 Å². The maximum Gasteiger partial charge on any atom is 0.174 e. The summed E-state index contributed by atoms with van der Waals surface area (Å²) in [6.45, 7) is 0.751. The molecule has 2 nitrogen and oxygen atoms in total. The van der Waals surface area contributed by atoms with E-state index in [0.717, 1.165) is 17.1 Å². The van der Waals surface area contributed by atoms with Crippen LogP contribution in [-0.2, 0) is 0 Å². The van der Waals surface area contributed by atoms with Gasteiger partial charge < -0.3 is 4.90 Å². The second-order valence-corrected chi connectivity index (χ2v) is 4.86. The summed E-state index contributed by atoms with van der Waals surface area (Å²) in [5, 5.41) is 1.94. The molecule has 0 amide bonds. The molecular formula is C14H15NOS. The summed E-state index contributed by atoms with van der Waals surface area (Å²) in [6, 6.07) is 13.9. The average Bonchev–Trinajstić information content (AvgIpc) is 2.90. The van der Waals surface area contributed by atoms with Crippen LogP contribution in [-0.4, -0.2) is 19.4 Å². The standard InChI is InChI=1S/C14H15NOS/c1-15(12-6-3-2-4-7-12)10-9-13(16)14-8-5-11-17-14/h2-8,11H,9-10H2,1H3. The lowest BCUT2D eigenvalue weighted by molar-refractivity contribution is 0.0989. The maximum absolute atomic E-state index is 11.8. The van der Waals surface area contributed by atoms with Gasteiger partial charge in [-0.3, -0.25) is 4.79 Å². The quantitative estimate of drug-likeness (QED) is 0.752. The third-order valence-electron chi connectivity index (χ3n) is 2.67. The number of thiophene rings is 1. The van der Waals surface area contributed by atoms with Crippen LogP contribution < -0.4 is 4.90 Å². The Morgan fingerprint density at radius 2 is 1.94 bits per heavy atom. The first kappa shape index (κ1) is 11.9. The lowest BCUT2D eigenvalue weighted by atomic mass is 10.2. The summed E-state index contributed by atoms with van der Waals surface area (Å²) in [5.74, 6) is 0.225. The molecule has 0 unspecified atom stereocenters. The van der Waals surface area contributed by atoms with Gasteiger partial charge in [0.15, 0.2) is 5.78 Å². The minimum atomic E-state index is 0.225. The second-order valence-electron chi connectivity index (χ2n) is 3.91. The van der Waals surface area contributed by atoms with Gasteiger partial charge in [0.05, 0.1) is 4.88 Å². The van der Waals surface area contributed by atoms with Crippen molar-refractivity contribution in [3.8, 4) is 0 Å². The molecule has 2 aromatic rings. The predicted molar refractivity (Wildman–Crippen MR) is 73.0 cm³/mol. The van der Waals surface area contributed by atoms with E-state index < -0.39 is 0 Å². The highest BCUT2D eigenvalue weighted by molar-refractivity contribution is 7.12. The van der Waals surface area contributed by atoms with E-state index in [1.165, 1.54) is 11.3 Å². The van der Waals surface area contributed by atoms with E-state index in [1.54, 1.807) is 0 Å². The minimum Gasteiger partial charge on any atom is -0.374 e. The van der Waals surface area contributed by atoms with Gasteiger partial charge in [-0.1, -0.05) is 24.3 Å². The van der Waals surface area contributed by atoms with Crippen molar-refractivity contribution in [1.29, 1.82) is 0 Å². The van der Waals surface area contributed by atoms with Gasteiger partial charge in [-0.15, -0.1) is 11.3 Å². The largest absolute Gasteiger partial charge is 0.374 e. The van der Waals surface area contributed by atoms with Crippen LogP contribution in [0.25, 0.3) is 0 Å². The molecule has 0 aliphatic rings. The summed E-state index contributed by atoms with van der Waals surface area (Å²) in [5.41, 5.74) is 1.14. The van der Waals surface area contributed by atoms with Crippen LogP contribution in [0.3, 0.4) is 0 Å². The molecule has 0 aliphatic carbocycles. The first-order chi connectivity index (χ1) is 8.27. The lowest BCUT2D eigenvalue weighted by Gasteiger charge is -2.18. The number of anilines is 1. The molecule has 1 aromatic carbocycles. The molecular weight excluding hydrogens is 230 g/mol. The highest BCUT2D eigenvalue weighted by Gasteiger charge is 2.08. The van der Waals surface area contributed by atoms with E-state index in [-0.39, 0.29) is 5.78 Å². The van der Waals surface area contributed by atoms with Crippen molar-refractivity contribution in [3.05, 3.63) is 52.7 Å². The maximum atomic E-state index is 11.8. The number of ketones is 1. The molecule has 0 bridgehead atoms. The topological polar surface area (TPSA) is 20.3 Å². The van der Waals surface area contributed by atoms with Gasteiger partial charge >= 0.3 is 0 Å². The number of rotatable bonds is 5. The van der Waals surface area contributed by atoms with E-state index in [2.05, 4.69) is 17.0 Å². The molecule has 0 spiro atoms. The van der Waals surface area contributed by atoms with Crippen molar-refractivity contribution in [1.82, 2.24) is 0 Å². The van der Waals surface area contributed by atoms with Crippen LogP contribution in [0.15, 0.2) is 47.8 Å². The van der Waals surface area contributed by atoms with Crippen molar-refractivity contribution in [2.45, 2.75) is 6.42 Å². The highest BCUT2D eigenvalue weighted by atomic mass is 32.1. The Hall–Kier alpha value is -1.61. The number of para-hydroxylation sites is 1. The van der Waals surface area contributed by atoms with Gasteiger partial charge in [0.1, 0.15) is 0 Å². The van der Waals surface area contributed by atoms with Gasteiger partial charge in [0, 0.05) is 25.7 Å². The Balaban J connectivity index is 1.89. The Morgan fingerprint density at radius 3 is 2.59 bits per heavy atom. The number of Topliss-reactive ketones (excluding diaryl/α,β-unsaturated/α-hetero) is 1. The number of benzene rings is 1. The number of hydrogen-bond donors (Lipinski definition) is 0. The van der Waals surface area contributed by atoms with Crippen LogP contribution >= 0.6 is 11.3 Å². The van der Waals surface area contributed by atoms with Crippen molar-refractivity contribution in [3.63, 3.8) is 0 Å². The first-order valence-corrected chi connectivity index (χ1v) is 6.48. The van der Waals surface area contributed by atoms with E-state index in [1.807, 2.05) is 42.8 Å². The fraction of sp³-hybridized carbons (Fsp3) is 0.214. The average molecular weight is 245 g/mol. The fourth-order valence-electron chi connectivity index (χ4n) is 1.64.